The van der Waals surface area contributed by atoms with E-state index in [9.17, 15) is 15.2 Å². The minimum Gasteiger partial charge on any atom is -0.507 e. The van der Waals surface area contributed by atoms with E-state index >= 15 is 0 Å². The average molecular weight is 505 g/mol. The molecule has 7 heteroatoms. The number of para-hydroxylation sites is 1. The summed E-state index contributed by atoms with van der Waals surface area (Å²) in [6.45, 7) is 2.31. The minimum atomic E-state index is -0.151. The molecule has 0 aliphatic carbocycles. The summed E-state index contributed by atoms with van der Waals surface area (Å²) in [5.41, 5.74) is 4.52. The molecule has 188 valence electrons. The van der Waals surface area contributed by atoms with Gasteiger partial charge in [0.1, 0.15) is 18.9 Å². The van der Waals surface area contributed by atoms with Gasteiger partial charge in [0.15, 0.2) is 17.2 Å². The second-order valence-corrected chi connectivity index (χ2v) is 8.85. The number of aromatic hydroxyl groups is 1. The Kier molecular flexibility index (Phi) is 6.79. The number of hydrogen-bond acceptors (Lipinski definition) is 5. The number of benzene rings is 3. The van der Waals surface area contributed by atoms with Gasteiger partial charge in [-0.1, -0.05) is 42.5 Å². The van der Waals surface area contributed by atoms with Crippen LogP contribution < -0.4 is 19.4 Å². The van der Waals surface area contributed by atoms with Gasteiger partial charge in [0.2, 0.25) is 0 Å². The van der Waals surface area contributed by atoms with Crippen LogP contribution in [0.3, 0.4) is 0 Å². The lowest BCUT2D eigenvalue weighted by atomic mass is 10.1. The molecule has 38 heavy (non-hydrogen) atoms. The predicted molar refractivity (Wildman–Crippen MR) is 143 cm³/mol. The van der Waals surface area contributed by atoms with Crippen LogP contribution in [0.25, 0.3) is 16.9 Å². The number of aromatic nitrogens is 2. The molecule has 0 atom stereocenters. The Bertz CT molecular complexity index is 1750. The van der Waals surface area contributed by atoms with E-state index in [0.717, 1.165) is 11.1 Å². The highest BCUT2D eigenvalue weighted by molar-refractivity contribution is 5.67. The summed E-state index contributed by atoms with van der Waals surface area (Å²) in [6.07, 6.45) is 1.89. The van der Waals surface area contributed by atoms with Gasteiger partial charge in [-0.05, 0) is 48.9 Å². The van der Waals surface area contributed by atoms with Crippen molar-refractivity contribution < 1.29 is 19.0 Å². The molecule has 0 saturated carbocycles. The first-order valence-electron chi connectivity index (χ1n) is 12.1. The molecule has 5 aromatic rings. The molecule has 2 heterocycles. The maximum atomic E-state index is 13.6. The summed E-state index contributed by atoms with van der Waals surface area (Å²) in [4.78, 5) is 13.6. The van der Waals surface area contributed by atoms with E-state index < -0.39 is 0 Å². The third kappa shape index (κ3) is 4.56. The number of pyridine rings is 1. The van der Waals surface area contributed by atoms with Crippen molar-refractivity contribution in [1.29, 1.82) is 5.26 Å². The third-order valence-corrected chi connectivity index (χ3v) is 6.53. The molecule has 0 unspecified atom stereocenters. The number of fused-ring (bicyclic) bond motifs is 1. The number of ether oxygens (including phenoxy) is 2. The van der Waals surface area contributed by atoms with Crippen LogP contribution in [0.1, 0.15) is 22.3 Å². The summed E-state index contributed by atoms with van der Waals surface area (Å²) in [5, 5.41) is 19.8. The van der Waals surface area contributed by atoms with Gasteiger partial charge >= 0.3 is 5.56 Å². The van der Waals surface area contributed by atoms with Crippen molar-refractivity contribution in [2.75, 3.05) is 7.11 Å². The van der Waals surface area contributed by atoms with Crippen molar-refractivity contribution in [2.45, 2.75) is 20.1 Å². The Balaban J connectivity index is 1.51. The fourth-order valence-corrected chi connectivity index (χ4v) is 4.61. The quantitative estimate of drug-likeness (QED) is 0.323. The van der Waals surface area contributed by atoms with Crippen LogP contribution in [0.5, 0.6) is 17.2 Å². The highest BCUT2D eigenvalue weighted by Crippen LogP contribution is 2.30. The molecule has 0 spiro atoms. The number of hydrogen-bond donors (Lipinski definition) is 1. The number of nitriles is 1. The molecule has 0 radical (unpaired) electrons. The number of nitrogens with zero attached hydrogens (tertiary/aromatic N) is 3. The van der Waals surface area contributed by atoms with Gasteiger partial charge in [0.25, 0.3) is 5.65 Å². The number of methoxy groups -OCH3 is 1. The van der Waals surface area contributed by atoms with Crippen LogP contribution in [0.2, 0.25) is 0 Å². The number of phenolic OH excluding ortho intramolecular Hbond substituents is 1. The van der Waals surface area contributed by atoms with Crippen LogP contribution in [0, 0.1) is 18.3 Å². The smallest absolute Gasteiger partial charge is 0.341 e. The van der Waals surface area contributed by atoms with Crippen LogP contribution >= 0.6 is 0 Å². The molecule has 1 N–H and O–H groups in total. The van der Waals surface area contributed by atoms with E-state index in [0.29, 0.717) is 46.1 Å². The minimum absolute atomic E-state index is 0.114. The Morgan fingerprint density at radius 3 is 2.53 bits per heavy atom. The van der Waals surface area contributed by atoms with E-state index in [-0.39, 0.29) is 17.9 Å². The first-order valence-corrected chi connectivity index (χ1v) is 12.1. The molecule has 0 amide bonds. The summed E-state index contributed by atoms with van der Waals surface area (Å²) in [6, 6.07) is 27.7. The lowest BCUT2D eigenvalue weighted by Crippen LogP contribution is -2.38. The third-order valence-electron chi connectivity index (χ3n) is 6.53. The average Bonchev–Trinajstić information content (AvgIpc) is 2.95. The van der Waals surface area contributed by atoms with Crippen molar-refractivity contribution in [3.05, 3.63) is 124 Å². The number of rotatable bonds is 7. The highest BCUT2D eigenvalue weighted by Gasteiger charge is 2.24. The fourth-order valence-electron chi connectivity index (χ4n) is 4.61. The van der Waals surface area contributed by atoms with E-state index in [2.05, 4.69) is 6.07 Å². The first-order chi connectivity index (χ1) is 18.5. The Hall–Kier alpha value is -5.09. The molecule has 3 aromatic carbocycles. The second kappa shape index (κ2) is 10.5. The Morgan fingerprint density at radius 2 is 1.74 bits per heavy atom. The molecule has 2 aromatic heterocycles. The predicted octanol–water partition coefficient (Wildman–Crippen LogP) is 4.78. The lowest BCUT2D eigenvalue weighted by molar-refractivity contribution is -0.504. The zero-order valence-electron chi connectivity index (χ0n) is 21.1. The van der Waals surface area contributed by atoms with Gasteiger partial charge in [0.05, 0.1) is 36.1 Å². The molecule has 0 bridgehead atoms. The molecule has 7 nitrogen and oxygen atoms in total. The van der Waals surface area contributed by atoms with Crippen LogP contribution in [0.4, 0.5) is 0 Å². The van der Waals surface area contributed by atoms with Crippen molar-refractivity contribution >= 4 is 5.65 Å². The summed E-state index contributed by atoms with van der Waals surface area (Å²) in [5.74, 6) is 1.19. The zero-order valence-corrected chi connectivity index (χ0v) is 21.1. The lowest BCUT2D eigenvalue weighted by Gasteiger charge is -2.14. The van der Waals surface area contributed by atoms with E-state index in [4.69, 9.17) is 9.47 Å². The van der Waals surface area contributed by atoms with Gasteiger partial charge < -0.3 is 14.6 Å². The van der Waals surface area contributed by atoms with Crippen molar-refractivity contribution in [3.8, 4) is 34.6 Å². The van der Waals surface area contributed by atoms with Gasteiger partial charge in [0, 0.05) is 11.6 Å². The van der Waals surface area contributed by atoms with E-state index in [1.54, 1.807) is 42.9 Å². The van der Waals surface area contributed by atoms with Gasteiger partial charge in [-0.3, -0.25) is 0 Å². The summed E-state index contributed by atoms with van der Waals surface area (Å²) in [7, 11) is 1.57. The molecule has 0 aliphatic heterocycles. The SMILES string of the molecule is COc1cc(Cn2c(=O)c(C)c(-c3ccccc3O)[n+]3ccccc23)ccc1OCc1ccccc1C#N. The normalized spacial score (nSPS) is 10.8. The second-order valence-electron chi connectivity index (χ2n) is 8.85. The molecule has 0 saturated heterocycles. The standard InChI is InChI=1S/C31H25N3O4/c1-21-30(25-11-5-6-12-26(25)35)33-16-8-7-13-29(33)34(31(21)36)19-22-14-15-27(28(17-22)37-2)38-20-24-10-4-3-9-23(24)18-32/h3-17H,19-20H2,1-2H3/p+1. The van der Waals surface area contributed by atoms with Crippen LogP contribution in [0.15, 0.2) is 95.9 Å². The van der Waals surface area contributed by atoms with E-state index in [1.807, 2.05) is 71.3 Å². The van der Waals surface area contributed by atoms with Crippen molar-refractivity contribution in [2.24, 2.45) is 0 Å². The zero-order chi connectivity index (χ0) is 26.6. The molecular weight excluding hydrogens is 478 g/mol. The van der Waals surface area contributed by atoms with Gasteiger partial charge in [-0.2, -0.15) is 14.2 Å². The van der Waals surface area contributed by atoms with Crippen LogP contribution in [-0.4, -0.2) is 16.8 Å². The van der Waals surface area contributed by atoms with Crippen molar-refractivity contribution in [1.82, 2.24) is 4.57 Å². The maximum absolute atomic E-state index is 13.6. The number of phenols is 1. The molecular formula is C31H26N3O4+. The van der Waals surface area contributed by atoms with Crippen molar-refractivity contribution in [3.63, 3.8) is 0 Å². The molecule has 0 fully saturated rings. The summed E-state index contributed by atoms with van der Waals surface area (Å²) >= 11 is 0. The van der Waals surface area contributed by atoms with Crippen LogP contribution in [-0.2, 0) is 13.2 Å². The van der Waals surface area contributed by atoms with Gasteiger partial charge in [-0.25, -0.2) is 4.79 Å². The highest BCUT2D eigenvalue weighted by atomic mass is 16.5. The van der Waals surface area contributed by atoms with E-state index in [1.165, 1.54) is 0 Å². The Morgan fingerprint density at radius 1 is 0.974 bits per heavy atom. The summed E-state index contributed by atoms with van der Waals surface area (Å²) < 4.78 is 15.2. The largest absolute Gasteiger partial charge is 0.507 e. The first kappa shape index (κ1) is 24.6. The molecule has 0 aliphatic rings. The maximum Gasteiger partial charge on any atom is 0.341 e. The topological polar surface area (TPSA) is 88.6 Å². The molecule has 5 rings (SSSR count). The van der Waals surface area contributed by atoms with Gasteiger partial charge in [-0.15, -0.1) is 0 Å². The monoisotopic (exact) mass is 504 g/mol. The fraction of sp³-hybridized carbons (Fsp3) is 0.129. The Labute approximate surface area is 220 Å².